The largest absolute Gasteiger partial charge is 0.333 e. The maximum atomic E-state index is 11.5. The van der Waals surface area contributed by atoms with Crippen LogP contribution in [0.25, 0.3) is 0 Å². The van der Waals surface area contributed by atoms with E-state index in [0.717, 1.165) is 4.90 Å². The smallest absolute Gasteiger partial charge is 0.304 e. The molecule has 3 N–H and O–H groups in total. The average Bonchev–Trinajstić information content (AvgIpc) is 2.04. The molecule has 0 aromatic heterocycles. The van der Waals surface area contributed by atoms with Crippen molar-refractivity contribution in [1.29, 1.82) is 0 Å². The molecule has 0 aromatic rings. The third-order valence-corrected chi connectivity index (χ3v) is 2.74. The van der Waals surface area contributed by atoms with Crippen LogP contribution >= 0.6 is 8.73 Å². The molecule has 4 amide bonds. The lowest BCUT2D eigenvalue weighted by atomic mass is 10.5. The van der Waals surface area contributed by atoms with Gasteiger partial charge in [-0.25, -0.2) is 14.5 Å². The van der Waals surface area contributed by atoms with Crippen molar-refractivity contribution >= 4 is 20.8 Å². The zero-order valence-electron chi connectivity index (χ0n) is 7.57. The Bertz CT molecular complexity index is 235. The van der Waals surface area contributed by atoms with Gasteiger partial charge in [0.2, 0.25) is 0 Å². The summed E-state index contributed by atoms with van der Waals surface area (Å²) in [4.78, 5) is 23.8. The highest BCUT2D eigenvalue weighted by Crippen LogP contribution is 2.19. The average molecular weight is 204 g/mol. The summed E-state index contributed by atoms with van der Waals surface area (Å²) in [5, 5.41) is 2.49. The molecule has 13 heavy (non-hydrogen) atoms. The molecule has 7 heteroatoms. The van der Waals surface area contributed by atoms with Gasteiger partial charge in [-0.3, -0.25) is 10.4 Å². The maximum absolute atomic E-state index is 11.5. The fraction of sp³-hybridized carbons (Fsp3) is 0.667. The molecule has 1 fully saturated rings. The van der Waals surface area contributed by atoms with E-state index in [2.05, 4.69) is 5.32 Å². The predicted octanol–water partition coefficient (Wildman–Crippen LogP) is -0.0809. The highest BCUT2D eigenvalue weighted by molar-refractivity contribution is 7.35. The van der Waals surface area contributed by atoms with Gasteiger partial charge in [-0.2, -0.15) is 0 Å². The van der Waals surface area contributed by atoms with Crippen molar-refractivity contribution < 1.29 is 9.59 Å². The van der Waals surface area contributed by atoms with E-state index < -0.39 is 12.3 Å². The quantitative estimate of drug-likeness (QED) is 0.617. The summed E-state index contributed by atoms with van der Waals surface area (Å²) in [6.07, 6.45) is -0.689. The number of carbonyl (C=O) groups excluding carboxylic acids is 2. The Morgan fingerprint density at radius 3 is 2.69 bits per heavy atom. The van der Waals surface area contributed by atoms with Crippen LogP contribution in [0.2, 0.25) is 0 Å². The molecule has 1 heterocycles. The van der Waals surface area contributed by atoms with Crippen molar-refractivity contribution in [1.82, 2.24) is 14.9 Å². The van der Waals surface area contributed by atoms with Crippen LogP contribution in [-0.4, -0.2) is 41.1 Å². The second kappa shape index (κ2) is 3.89. The van der Waals surface area contributed by atoms with E-state index in [1.807, 2.05) is 6.66 Å². The number of nitrogens with two attached hydrogens (primary N) is 1. The normalized spacial score (nSPS) is 24.4. The molecule has 1 rings (SSSR count). The van der Waals surface area contributed by atoms with Crippen molar-refractivity contribution in [3.63, 3.8) is 0 Å². The number of rotatable bonds is 2. The van der Waals surface area contributed by atoms with Crippen LogP contribution < -0.4 is 11.1 Å². The SMILES string of the molecule is CCN1C(=O)NC(N)N(PC)C1=O. The molecule has 0 spiro atoms. The molecular weight excluding hydrogens is 191 g/mol. The van der Waals surface area contributed by atoms with Gasteiger partial charge < -0.3 is 5.32 Å². The van der Waals surface area contributed by atoms with Gasteiger partial charge in [0.15, 0.2) is 6.29 Å². The van der Waals surface area contributed by atoms with Crippen LogP contribution in [-0.2, 0) is 0 Å². The lowest BCUT2D eigenvalue weighted by Crippen LogP contribution is -2.65. The summed E-state index contributed by atoms with van der Waals surface area (Å²) in [5.74, 6) is 0. The van der Waals surface area contributed by atoms with E-state index in [0.29, 0.717) is 6.54 Å². The van der Waals surface area contributed by atoms with Gasteiger partial charge in [-0.05, 0) is 22.3 Å². The molecule has 0 bridgehead atoms. The van der Waals surface area contributed by atoms with E-state index in [4.69, 9.17) is 5.73 Å². The Kier molecular flexibility index (Phi) is 3.06. The summed E-state index contributed by atoms with van der Waals surface area (Å²) < 4.78 is 1.42. The molecule has 74 valence electrons. The van der Waals surface area contributed by atoms with Crippen molar-refractivity contribution in [2.24, 2.45) is 5.73 Å². The molecule has 2 unspecified atom stereocenters. The zero-order chi connectivity index (χ0) is 10.0. The topological polar surface area (TPSA) is 78.7 Å². The van der Waals surface area contributed by atoms with Gasteiger partial charge in [0.05, 0.1) is 0 Å². The van der Waals surface area contributed by atoms with Crippen LogP contribution in [0.1, 0.15) is 6.92 Å². The first-order chi connectivity index (χ1) is 6.11. The first kappa shape index (κ1) is 10.2. The van der Waals surface area contributed by atoms with Crippen LogP contribution in [0.15, 0.2) is 0 Å². The molecular formula is C6H13N4O2P. The zero-order valence-corrected chi connectivity index (χ0v) is 8.57. The van der Waals surface area contributed by atoms with Crippen molar-refractivity contribution in [2.75, 3.05) is 13.2 Å². The molecule has 6 nitrogen and oxygen atoms in total. The monoisotopic (exact) mass is 204 g/mol. The number of imide groups is 1. The molecule has 0 radical (unpaired) electrons. The summed E-state index contributed by atoms with van der Waals surface area (Å²) >= 11 is 0. The Balaban J connectivity index is 2.81. The summed E-state index contributed by atoms with van der Waals surface area (Å²) in [6.45, 7) is 3.94. The summed E-state index contributed by atoms with van der Waals surface area (Å²) in [6, 6.07) is -0.742. The first-order valence-corrected chi connectivity index (χ1v) is 5.40. The molecule has 0 aromatic carbocycles. The van der Waals surface area contributed by atoms with Crippen LogP contribution in [0.5, 0.6) is 0 Å². The van der Waals surface area contributed by atoms with E-state index in [1.54, 1.807) is 6.92 Å². The van der Waals surface area contributed by atoms with E-state index in [-0.39, 0.29) is 14.8 Å². The number of nitrogens with one attached hydrogen (secondary N) is 1. The summed E-state index contributed by atoms with van der Waals surface area (Å²) in [7, 11) is 0.249. The predicted molar refractivity (Wildman–Crippen MR) is 50.4 cm³/mol. The highest BCUT2D eigenvalue weighted by Gasteiger charge is 2.34. The molecule has 1 aliphatic heterocycles. The van der Waals surface area contributed by atoms with Crippen molar-refractivity contribution in [3.05, 3.63) is 0 Å². The Morgan fingerprint density at radius 2 is 2.23 bits per heavy atom. The number of hydrogen-bond acceptors (Lipinski definition) is 3. The van der Waals surface area contributed by atoms with Crippen molar-refractivity contribution in [2.45, 2.75) is 13.2 Å². The second-order valence-electron chi connectivity index (χ2n) is 2.51. The summed E-state index contributed by atoms with van der Waals surface area (Å²) in [5.41, 5.74) is 5.54. The van der Waals surface area contributed by atoms with E-state index in [1.165, 1.54) is 4.67 Å². The number of carbonyl (C=O) groups is 2. The third-order valence-electron chi connectivity index (χ3n) is 1.79. The van der Waals surface area contributed by atoms with Gasteiger partial charge in [0.25, 0.3) is 0 Å². The minimum atomic E-state index is -0.689. The van der Waals surface area contributed by atoms with Gasteiger partial charge in [-0.1, -0.05) is 0 Å². The van der Waals surface area contributed by atoms with E-state index in [9.17, 15) is 9.59 Å². The number of hydrogen-bond donors (Lipinski definition) is 2. The van der Waals surface area contributed by atoms with Crippen LogP contribution in [0, 0.1) is 0 Å². The molecule has 2 atom stereocenters. The number of nitrogens with zero attached hydrogens (tertiary/aromatic N) is 2. The van der Waals surface area contributed by atoms with Crippen LogP contribution in [0.4, 0.5) is 9.59 Å². The van der Waals surface area contributed by atoms with Gasteiger partial charge in [-0.15, -0.1) is 0 Å². The molecule has 1 saturated heterocycles. The fourth-order valence-electron chi connectivity index (χ4n) is 1.12. The minimum absolute atomic E-state index is 0.249. The van der Waals surface area contributed by atoms with Gasteiger partial charge in [0, 0.05) is 6.54 Å². The molecule has 0 aliphatic carbocycles. The molecule has 1 aliphatic rings. The standard InChI is InChI=1S/C6H13N4O2P/c1-3-9-5(11)8-4(7)10(13-2)6(9)12/h4,13H,3,7H2,1-2H3,(H,8,11). The Morgan fingerprint density at radius 1 is 1.62 bits per heavy atom. The first-order valence-electron chi connectivity index (χ1n) is 3.96. The lowest BCUT2D eigenvalue weighted by molar-refractivity contribution is 0.142. The lowest BCUT2D eigenvalue weighted by Gasteiger charge is -2.37. The van der Waals surface area contributed by atoms with E-state index >= 15 is 0 Å². The highest BCUT2D eigenvalue weighted by atomic mass is 31.1. The minimum Gasteiger partial charge on any atom is -0.304 e. The third kappa shape index (κ3) is 1.73. The fourth-order valence-corrected chi connectivity index (χ4v) is 1.77. The van der Waals surface area contributed by atoms with Gasteiger partial charge >= 0.3 is 12.1 Å². The van der Waals surface area contributed by atoms with Gasteiger partial charge in [0.1, 0.15) is 0 Å². The Labute approximate surface area is 78.3 Å². The van der Waals surface area contributed by atoms with Crippen molar-refractivity contribution in [3.8, 4) is 0 Å². The van der Waals surface area contributed by atoms with Crippen LogP contribution in [0.3, 0.4) is 0 Å². The number of amides is 4. The maximum Gasteiger partial charge on any atom is 0.333 e. The molecule has 0 saturated carbocycles. The number of urea groups is 2. The Hall–Kier alpha value is -0.870. The second-order valence-corrected chi connectivity index (χ2v) is 3.44.